The van der Waals surface area contributed by atoms with Crippen molar-refractivity contribution in [1.82, 2.24) is 0 Å². The number of phosphoric ester groups is 2. The van der Waals surface area contributed by atoms with Gasteiger partial charge in [-0.15, -0.1) is 0 Å². The van der Waals surface area contributed by atoms with Crippen molar-refractivity contribution >= 4 is 39.5 Å². The van der Waals surface area contributed by atoms with Gasteiger partial charge in [0.2, 0.25) is 0 Å². The number of aliphatic hydroxyl groups excluding tert-OH is 1. The Hall–Kier alpha value is -1.94. The van der Waals surface area contributed by atoms with E-state index < -0.39 is 97.5 Å². The lowest BCUT2D eigenvalue weighted by molar-refractivity contribution is -0.161. The van der Waals surface area contributed by atoms with Gasteiger partial charge in [0.1, 0.15) is 19.3 Å². The number of hydrogen-bond acceptors (Lipinski definition) is 15. The Morgan fingerprint density at radius 3 is 0.772 bits per heavy atom. The number of carbonyl (C=O) groups excluding carboxylic acids is 4. The van der Waals surface area contributed by atoms with E-state index in [0.717, 1.165) is 102 Å². The second-order valence-electron chi connectivity index (χ2n) is 26.6. The van der Waals surface area contributed by atoms with Crippen LogP contribution in [0.3, 0.4) is 0 Å². The van der Waals surface area contributed by atoms with Gasteiger partial charge in [0.05, 0.1) is 26.4 Å². The number of carbonyl (C=O) groups is 4. The average molecular weight is 1350 g/mol. The molecule has 0 aliphatic carbocycles. The predicted molar refractivity (Wildman–Crippen MR) is 372 cm³/mol. The van der Waals surface area contributed by atoms with Gasteiger partial charge in [-0.3, -0.25) is 37.3 Å². The summed E-state index contributed by atoms with van der Waals surface area (Å²) in [6.45, 7) is 7.19. The van der Waals surface area contributed by atoms with Gasteiger partial charge in [-0.25, -0.2) is 9.13 Å². The fourth-order valence-corrected chi connectivity index (χ4v) is 12.7. The van der Waals surface area contributed by atoms with Crippen LogP contribution in [-0.4, -0.2) is 96.7 Å². The number of ether oxygens (including phenoxy) is 4. The lowest BCUT2D eigenvalue weighted by atomic mass is 10.00. The minimum absolute atomic E-state index is 0.103. The molecular weight excluding hydrogens is 1210 g/mol. The monoisotopic (exact) mass is 1350 g/mol. The molecule has 0 radical (unpaired) electrons. The molecule has 0 rings (SSSR count). The highest BCUT2D eigenvalue weighted by Gasteiger charge is 2.30. The quantitative estimate of drug-likeness (QED) is 0.0222. The molecule has 0 aromatic carbocycles. The molecule has 92 heavy (non-hydrogen) atoms. The maximum absolute atomic E-state index is 13.1. The van der Waals surface area contributed by atoms with E-state index in [-0.39, 0.29) is 25.7 Å². The third-order valence-corrected chi connectivity index (χ3v) is 19.3. The van der Waals surface area contributed by atoms with Crippen LogP contribution in [0.1, 0.15) is 381 Å². The van der Waals surface area contributed by atoms with Gasteiger partial charge in [-0.2, -0.15) is 0 Å². The van der Waals surface area contributed by atoms with E-state index in [2.05, 4.69) is 34.6 Å². The van der Waals surface area contributed by atoms with E-state index in [1.807, 2.05) is 0 Å². The maximum Gasteiger partial charge on any atom is 0.472 e. The molecule has 0 aliphatic heterocycles. The first-order valence-corrected chi connectivity index (χ1v) is 41.2. The van der Waals surface area contributed by atoms with Gasteiger partial charge in [-0.05, 0) is 31.6 Å². The average Bonchev–Trinajstić information content (AvgIpc) is 1.89. The van der Waals surface area contributed by atoms with E-state index in [1.165, 1.54) is 199 Å². The highest BCUT2D eigenvalue weighted by atomic mass is 31.2. The third kappa shape index (κ3) is 65.4. The molecule has 546 valence electrons. The van der Waals surface area contributed by atoms with Gasteiger partial charge < -0.3 is 33.8 Å². The molecule has 0 saturated heterocycles. The highest BCUT2D eigenvalue weighted by Crippen LogP contribution is 2.45. The Labute approximate surface area is 562 Å². The number of unbranched alkanes of at least 4 members (excludes halogenated alkanes) is 44. The molecule has 0 bridgehead atoms. The number of esters is 4. The summed E-state index contributed by atoms with van der Waals surface area (Å²) in [4.78, 5) is 72.5. The molecule has 17 nitrogen and oxygen atoms in total. The van der Waals surface area contributed by atoms with Crippen LogP contribution >= 0.6 is 15.6 Å². The van der Waals surface area contributed by atoms with Crippen molar-refractivity contribution in [2.75, 3.05) is 39.6 Å². The van der Waals surface area contributed by atoms with Crippen molar-refractivity contribution in [3.8, 4) is 0 Å². The second kappa shape index (κ2) is 66.3. The smallest absolute Gasteiger partial charge is 0.462 e. The largest absolute Gasteiger partial charge is 0.472 e. The van der Waals surface area contributed by atoms with Crippen molar-refractivity contribution < 1.29 is 80.2 Å². The molecule has 3 unspecified atom stereocenters. The molecular formula is C73H142O17P2. The fourth-order valence-electron chi connectivity index (χ4n) is 11.1. The topological polar surface area (TPSA) is 237 Å². The Balaban J connectivity index is 5.16. The van der Waals surface area contributed by atoms with Crippen LogP contribution < -0.4 is 0 Å². The van der Waals surface area contributed by atoms with Crippen molar-refractivity contribution in [3.63, 3.8) is 0 Å². The molecule has 0 spiro atoms. The van der Waals surface area contributed by atoms with E-state index in [1.54, 1.807) is 0 Å². The van der Waals surface area contributed by atoms with E-state index >= 15 is 0 Å². The number of rotatable bonds is 73. The van der Waals surface area contributed by atoms with Crippen molar-refractivity contribution in [3.05, 3.63) is 0 Å². The summed E-state index contributed by atoms with van der Waals surface area (Å²) in [7, 11) is -9.90. The van der Waals surface area contributed by atoms with Crippen LogP contribution in [0.5, 0.6) is 0 Å². The molecule has 3 N–H and O–H groups in total. The Bertz CT molecular complexity index is 1770. The van der Waals surface area contributed by atoms with Crippen LogP contribution in [0.25, 0.3) is 0 Å². The minimum Gasteiger partial charge on any atom is -0.462 e. The van der Waals surface area contributed by atoms with Crippen LogP contribution in [0.15, 0.2) is 0 Å². The summed E-state index contributed by atoms with van der Waals surface area (Å²) < 4.78 is 68.3. The molecule has 6 atom stereocenters. The van der Waals surface area contributed by atoms with Crippen LogP contribution in [0.4, 0.5) is 0 Å². The van der Waals surface area contributed by atoms with Crippen LogP contribution in [-0.2, 0) is 65.4 Å². The van der Waals surface area contributed by atoms with Gasteiger partial charge in [0.25, 0.3) is 0 Å². The number of aliphatic hydroxyl groups is 1. The van der Waals surface area contributed by atoms with Gasteiger partial charge >= 0.3 is 39.5 Å². The van der Waals surface area contributed by atoms with E-state index in [9.17, 15) is 43.2 Å². The standard InChI is InChI=1S/C73H142O17P2/c1-6-10-13-16-19-22-24-26-27-28-29-30-31-32-33-35-37-39-42-48-53-58-72(77)89-68(62-84-71(76)57-52-47-41-38-36-34-25-23-20-17-14-11-7-2)64-87-91(79,80)85-60-67(74)61-86-92(81,82)88-65-69(63-83-70(75)56-51-46-40-21-18-15-12-8-3)90-73(78)59-54-49-44-43-45-50-55-66(5)9-4/h66-69,74H,6-65H2,1-5H3,(H,79,80)(H,81,82)/t66?,67-,68-,69-/m1/s1. The first-order valence-electron chi connectivity index (χ1n) is 38.2. The van der Waals surface area contributed by atoms with E-state index in [4.69, 9.17) is 37.0 Å². The third-order valence-electron chi connectivity index (χ3n) is 17.4. The van der Waals surface area contributed by atoms with Gasteiger partial charge in [0.15, 0.2) is 12.2 Å². The zero-order chi connectivity index (χ0) is 67.7. The van der Waals surface area contributed by atoms with Crippen molar-refractivity contribution in [2.24, 2.45) is 5.92 Å². The summed E-state index contributed by atoms with van der Waals surface area (Å²) in [6.07, 6.45) is 54.3. The summed E-state index contributed by atoms with van der Waals surface area (Å²) in [5, 5.41) is 10.6. The SMILES string of the molecule is CCCCCCCCCCCCCCCCCCCCCCCC(=O)O[C@H](COC(=O)CCCCCCCCCCCCCCC)COP(=O)(O)OC[C@@H](O)COP(=O)(O)OC[C@@H](COC(=O)CCCCCCCCCC)OC(=O)CCCCCCCCC(C)CC. The minimum atomic E-state index is -4.95. The summed E-state index contributed by atoms with van der Waals surface area (Å²) in [5.74, 6) is -1.40. The Morgan fingerprint density at radius 1 is 0.304 bits per heavy atom. The normalized spacial score (nSPS) is 14.3. The first kappa shape index (κ1) is 90.1. The molecule has 0 aromatic rings. The second-order valence-corrected chi connectivity index (χ2v) is 29.5. The van der Waals surface area contributed by atoms with E-state index in [0.29, 0.717) is 25.7 Å². The zero-order valence-electron chi connectivity index (χ0n) is 59.7. The molecule has 0 amide bonds. The molecule has 0 fully saturated rings. The summed E-state index contributed by atoms with van der Waals surface area (Å²) in [6, 6.07) is 0. The Kier molecular flexibility index (Phi) is 64.9. The van der Waals surface area contributed by atoms with Gasteiger partial charge in [-0.1, -0.05) is 330 Å². The lowest BCUT2D eigenvalue weighted by Crippen LogP contribution is -2.30. The van der Waals surface area contributed by atoms with Gasteiger partial charge in [0, 0.05) is 25.7 Å². The van der Waals surface area contributed by atoms with Crippen molar-refractivity contribution in [2.45, 2.75) is 400 Å². The molecule has 19 heteroatoms. The molecule has 0 saturated carbocycles. The first-order chi connectivity index (χ1) is 44.6. The predicted octanol–water partition coefficient (Wildman–Crippen LogP) is 21.3. The number of phosphoric acid groups is 2. The van der Waals surface area contributed by atoms with Crippen LogP contribution in [0.2, 0.25) is 0 Å². The van der Waals surface area contributed by atoms with Crippen LogP contribution in [0, 0.1) is 5.92 Å². The fraction of sp³-hybridized carbons (Fsp3) is 0.945. The summed E-state index contributed by atoms with van der Waals surface area (Å²) in [5.41, 5.74) is 0. The molecule has 0 aliphatic rings. The highest BCUT2D eigenvalue weighted by molar-refractivity contribution is 7.47. The van der Waals surface area contributed by atoms with Crippen molar-refractivity contribution in [1.29, 1.82) is 0 Å². The number of hydrogen-bond donors (Lipinski definition) is 3. The summed E-state index contributed by atoms with van der Waals surface area (Å²) >= 11 is 0. The zero-order valence-corrected chi connectivity index (χ0v) is 61.5. The molecule has 0 aromatic heterocycles. The maximum atomic E-state index is 13.1. The molecule has 0 heterocycles. The Morgan fingerprint density at radius 2 is 0.522 bits per heavy atom. The lowest BCUT2D eigenvalue weighted by Gasteiger charge is -2.21.